The lowest BCUT2D eigenvalue weighted by Gasteiger charge is -2.20. The first-order chi connectivity index (χ1) is 9.78. The van der Waals surface area contributed by atoms with Gasteiger partial charge < -0.3 is 15.2 Å². The molecule has 0 amide bonds. The molecule has 4 nitrogen and oxygen atoms in total. The number of nitriles is 1. The normalized spacial score (nSPS) is 11.4. The van der Waals surface area contributed by atoms with E-state index in [-0.39, 0.29) is 6.10 Å². The van der Waals surface area contributed by atoms with Gasteiger partial charge in [-0.2, -0.15) is 5.26 Å². The zero-order valence-electron chi connectivity index (χ0n) is 11.2. The summed E-state index contributed by atoms with van der Waals surface area (Å²) in [5.41, 5.74) is 7.30. The number of hydrogen-bond acceptors (Lipinski definition) is 4. The van der Waals surface area contributed by atoms with Crippen LogP contribution < -0.4 is 15.2 Å². The summed E-state index contributed by atoms with van der Waals surface area (Å²) < 4.78 is 11.2. The molecule has 0 aliphatic carbocycles. The molecule has 0 saturated carbocycles. The molecule has 0 radical (unpaired) electrons. The van der Waals surface area contributed by atoms with Gasteiger partial charge >= 0.3 is 0 Å². The third kappa shape index (κ3) is 3.08. The molecule has 2 aromatic rings. The SMILES string of the molecule is COc1ccccc1C(CN)Oc1ccc(C#N)cc1. The van der Waals surface area contributed by atoms with E-state index >= 15 is 0 Å². The van der Waals surface area contributed by atoms with Crippen LogP contribution in [0.25, 0.3) is 0 Å². The largest absolute Gasteiger partial charge is 0.496 e. The zero-order chi connectivity index (χ0) is 14.4. The van der Waals surface area contributed by atoms with Crippen LogP contribution in [-0.2, 0) is 0 Å². The third-order valence-corrected chi connectivity index (χ3v) is 2.96. The summed E-state index contributed by atoms with van der Waals surface area (Å²) in [6.07, 6.45) is -0.293. The molecule has 0 spiro atoms. The Labute approximate surface area is 118 Å². The Morgan fingerprint density at radius 2 is 1.85 bits per heavy atom. The van der Waals surface area contributed by atoms with Crippen molar-refractivity contribution in [1.82, 2.24) is 0 Å². The minimum atomic E-state index is -0.293. The van der Waals surface area contributed by atoms with Crippen molar-refractivity contribution in [2.75, 3.05) is 13.7 Å². The molecule has 0 heterocycles. The quantitative estimate of drug-likeness (QED) is 0.905. The van der Waals surface area contributed by atoms with Crippen molar-refractivity contribution in [2.45, 2.75) is 6.10 Å². The van der Waals surface area contributed by atoms with Crippen molar-refractivity contribution in [3.63, 3.8) is 0 Å². The van der Waals surface area contributed by atoms with Crippen molar-refractivity contribution >= 4 is 0 Å². The van der Waals surface area contributed by atoms with Crippen molar-refractivity contribution in [3.8, 4) is 17.6 Å². The number of hydrogen-bond donors (Lipinski definition) is 1. The molecular weight excluding hydrogens is 252 g/mol. The van der Waals surface area contributed by atoms with E-state index in [1.807, 2.05) is 24.3 Å². The summed E-state index contributed by atoms with van der Waals surface area (Å²) in [6.45, 7) is 0.334. The number of nitrogens with zero attached hydrogens (tertiary/aromatic N) is 1. The van der Waals surface area contributed by atoms with Crippen LogP contribution in [0.2, 0.25) is 0 Å². The molecule has 2 N–H and O–H groups in total. The number of rotatable bonds is 5. The number of methoxy groups -OCH3 is 1. The van der Waals surface area contributed by atoms with Gasteiger partial charge in [-0.3, -0.25) is 0 Å². The molecule has 0 bridgehead atoms. The van der Waals surface area contributed by atoms with Gasteiger partial charge in [0.2, 0.25) is 0 Å². The Hall–Kier alpha value is -2.51. The van der Waals surface area contributed by atoms with E-state index < -0.39 is 0 Å². The van der Waals surface area contributed by atoms with Crippen molar-refractivity contribution < 1.29 is 9.47 Å². The van der Waals surface area contributed by atoms with E-state index in [9.17, 15) is 0 Å². The zero-order valence-corrected chi connectivity index (χ0v) is 11.2. The molecule has 1 unspecified atom stereocenters. The minimum Gasteiger partial charge on any atom is -0.496 e. The highest BCUT2D eigenvalue weighted by Gasteiger charge is 2.16. The predicted octanol–water partition coefficient (Wildman–Crippen LogP) is 2.65. The average Bonchev–Trinajstić information content (AvgIpc) is 2.53. The summed E-state index contributed by atoms with van der Waals surface area (Å²) in [5.74, 6) is 1.42. The van der Waals surface area contributed by atoms with Gasteiger partial charge in [0.25, 0.3) is 0 Å². The minimum absolute atomic E-state index is 0.293. The van der Waals surface area contributed by atoms with Gasteiger partial charge in [0, 0.05) is 12.1 Å². The number of nitrogens with two attached hydrogens (primary N) is 1. The van der Waals surface area contributed by atoms with Gasteiger partial charge in [-0.25, -0.2) is 0 Å². The smallest absolute Gasteiger partial charge is 0.139 e. The fourth-order valence-corrected chi connectivity index (χ4v) is 1.94. The standard InChI is InChI=1S/C16H16N2O2/c1-19-15-5-3-2-4-14(15)16(11-18)20-13-8-6-12(10-17)7-9-13/h2-9,16H,11,18H2,1H3. The Bertz CT molecular complexity index is 603. The Balaban J connectivity index is 2.22. The molecule has 1 atom stereocenters. The van der Waals surface area contributed by atoms with Crippen LogP contribution in [0.1, 0.15) is 17.2 Å². The molecule has 0 aliphatic heterocycles. The number of ether oxygens (including phenoxy) is 2. The van der Waals surface area contributed by atoms with E-state index in [1.54, 1.807) is 31.4 Å². The molecule has 2 rings (SSSR count). The van der Waals surface area contributed by atoms with Crippen LogP contribution in [0.5, 0.6) is 11.5 Å². The summed E-state index contributed by atoms with van der Waals surface area (Å²) in [7, 11) is 1.62. The monoisotopic (exact) mass is 268 g/mol. The van der Waals surface area contributed by atoms with Crippen LogP contribution in [-0.4, -0.2) is 13.7 Å². The molecule has 0 saturated heterocycles. The maximum atomic E-state index is 8.78. The lowest BCUT2D eigenvalue weighted by Crippen LogP contribution is -2.19. The summed E-state index contributed by atoms with van der Waals surface area (Å²) in [6, 6.07) is 16.6. The Kier molecular flexibility index (Phi) is 4.59. The second kappa shape index (κ2) is 6.60. The van der Waals surface area contributed by atoms with E-state index in [4.69, 9.17) is 20.5 Å². The fourth-order valence-electron chi connectivity index (χ4n) is 1.94. The highest BCUT2D eigenvalue weighted by Crippen LogP contribution is 2.28. The van der Waals surface area contributed by atoms with E-state index in [0.717, 1.165) is 11.3 Å². The van der Waals surface area contributed by atoms with Gasteiger partial charge in [0.1, 0.15) is 17.6 Å². The van der Waals surface area contributed by atoms with Crippen molar-refractivity contribution in [2.24, 2.45) is 5.73 Å². The summed E-state index contributed by atoms with van der Waals surface area (Å²) in [4.78, 5) is 0. The molecule has 0 aromatic heterocycles. The van der Waals surface area contributed by atoms with Crippen LogP contribution in [0, 0.1) is 11.3 Å². The molecule has 0 aliphatic rings. The molecule has 102 valence electrons. The second-order valence-corrected chi connectivity index (χ2v) is 4.22. The van der Waals surface area contributed by atoms with E-state index in [1.165, 1.54) is 0 Å². The lowest BCUT2D eigenvalue weighted by molar-refractivity contribution is 0.209. The number of benzene rings is 2. The maximum Gasteiger partial charge on any atom is 0.139 e. The predicted molar refractivity (Wildman–Crippen MR) is 76.6 cm³/mol. The van der Waals surface area contributed by atoms with Crippen molar-refractivity contribution in [3.05, 3.63) is 59.7 Å². The first-order valence-corrected chi connectivity index (χ1v) is 6.28. The first kappa shape index (κ1) is 13.9. The second-order valence-electron chi connectivity index (χ2n) is 4.22. The Morgan fingerprint density at radius 1 is 1.15 bits per heavy atom. The van der Waals surface area contributed by atoms with Crippen LogP contribution in [0.4, 0.5) is 0 Å². The third-order valence-electron chi connectivity index (χ3n) is 2.96. The van der Waals surface area contributed by atoms with Crippen LogP contribution in [0.3, 0.4) is 0 Å². The van der Waals surface area contributed by atoms with Gasteiger partial charge in [-0.05, 0) is 30.3 Å². The molecular formula is C16H16N2O2. The highest BCUT2D eigenvalue weighted by molar-refractivity contribution is 5.38. The van der Waals surface area contributed by atoms with E-state index in [2.05, 4.69) is 6.07 Å². The lowest BCUT2D eigenvalue weighted by atomic mass is 10.1. The van der Waals surface area contributed by atoms with Crippen LogP contribution in [0.15, 0.2) is 48.5 Å². The van der Waals surface area contributed by atoms with Gasteiger partial charge in [0.05, 0.1) is 18.7 Å². The topological polar surface area (TPSA) is 68.3 Å². The fraction of sp³-hybridized carbons (Fsp3) is 0.188. The molecule has 0 fully saturated rings. The first-order valence-electron chi connectivity index (χ1n) is 6.28. The summed E-state index contributed by atoms with van der Waals surface area (Å²) >= 11 is 0. The molecule has 2 aromatic carbocycles. The maximum absolute atomic E-state index is 8.78. The van der Waals surface area contributed by atoms with Gasteiger partial charge in [0.15, 0.2) is 0 Å². The Morgan fingerprint density at radius 3 is 2.45 bits per heavy atom. The highest BCUT2D eigenvalue weighted by atomic mass is 16.5. The molecule has 4 heteroatoms. The van der Waals surface area contributed by atoms with E-state index in [0.29, 0.717) is 17.9 Å². The number of para-hydroxylation sites is 1. The molecule has 20 heavy (non-hydrogen) atoms. The average molecular weight is 268 g/mol. The van der Waals surface area contributed by atoms with Gasteiger partial charge in [-0.1, -0.05) is 18.2 Å². The summed E-state index contributed by atoms with van der Waals surface area (Å²) in [5, 5.41) is 8.78. The van der Waals surface area contributed by atoms with Crippen LogP contribution >= 0.6 is 0 Å². The van der Waals surface area contributed by atoms with Crippen molar-refractivity contribution in [1.29, 1.82) is 5.26 Å². The van der Waals surface area contributed by atoms with Gasteiger partial charge in [-0.15, -0.1) is 0 Å².